The van der Waals surface area contributed by atoms with Crippen molar-refractivity contribution in [3.8, 4) is 0 Å². The Morgan fingerprint density at radius 1 is 1.19 bits per heavy atom. The lowest BCUT2D eigenvalue weighted by molar-refractivity contribution is -0.121. The van der Waals surface area contributed by atoms with Crippen molar-refractivity contribution in [1.82, 2.24) is 4.90 Å². The minimum atomic E-state index is 0.0854. The fraction of sp³-hybridized carbons (Fsp3) is 0.556. The van der Waals surface area contributed by atoms with Gasteiger partial charge in [-0.2, -0.15) is 0 Å². The fourth-order valence-corrected chi connectivity index (χ4v) is 3.92. The molecule has 3 nitrogen and oxygen atoms in total. The van der Waals surface area contributed by atoms with E-state index in [1.165, 1.54) is 5.56 Å². The largest absolute Gasteiger partial charge is 0.335 e. The standard InChI is InChI=1S/C18H23NO2/c1-12-8-9-14(13(2)11-12)18(21)19-10-4-6-16(19)15-5-3-7-17(15)20/h8-9,11,15-16H,3-7,10H2,1-2H3. The van der Waals surface area contributed by atoms with Crippen LogP contribution in [0.1, 0.15) is 53.6 Å². The van der Waals surface area contributed by atoms with Crippen LogP contribution in [0.5, 0.6) is 0 Å². The molecule has 2 unspecified atom stereocenters. The van der Waals surface area contributed by atoms with Gasteiger partial charge in [-0.1, -0.05) is 17.7 Å². The van der Waals surface area contributed by atoms with Crippen LogP contribution in [0.25, 0.3) is 0 Å². The minimum absolute atomic E-state index is 0.0854. The van der Waals surface area contributed by atoms with Crippen LogP contribution in [0, 0.1) is 19.8 Å². The number of hydrogen-bond donors (Lipinski definition) is 0. The van der Waals surface area contributed by atoms with E-state index in [0.717, 1.165) is 43.4 Å². The molecule has 1 aliphatic carbocycles. The van der Waals surface area contributed by atoms with E-state index in [9.17, 15) is 9.59 Å². The topological polar surface area (TPSA) is 37.4 Å². The third-order valence-electron chi connectivity index (χ3n) is 4.99. The zero-order chi connectivity index (χ0) is 15.0. The van der Waals surface area contributed by atoms with E-state index in [1.54, 1.807) is 0 Å². The van der Waals surface area contributed by atoms with Crippen molar-refractivity contribution < 1.29 is 9.59 Å². The maximum absolute atomic E-state index is 12.9. The number of carbonyl (C=O) groups is 2. The molecule has 112 valence electrons. The lowest BCUT2D eigenvalue weighted by Gasteiger charge is -2.29. The molecular weight excluding hydrogens is 262 g/mol. The average molecular weight is 285 g/mol. The molecule has 2 atom stereocenters. The van der Waals surface area contributed by atoms with E-state index < -0.39 is 0 Å². The molecule has 1 aromatic rings. The molecule has 3 heteroatoms. The summed E-state index contributed by atoms with van der Waals surface area (Å²) in [6.07, 6.45) is 4.65. The van der Waals surface area contributed by atoms with E-state index in [0.29, 0.717) is 12.2 Å². The lowest BCUT2D eigenvalue weighted by atomic mass is 9.94. The lowest BCUT2D eigenvalue weighted by Crippen LogP contribution is -2.41. The van der Waals surface area contributed by atoms with Crippen molar-refractivity contribution in [3.05, 3.63) is 34.9 Å². The number of benzene rings is 1. The first-order chi connectivity index (χ1) is 10.1. The first kappa shape index (κ1) is 14.3. The number of hydrogen-bond acceptors (Lipinski definition) is 2. The summed E-state index contributed by atoms with van der Waals surface area (Å²) in [4.78, 5) is 26.9. The van der Waals surface area contributed by atoms with E-state index >= 15 is 0 Å². The number of rotatable bonds is 2. The fourth-order valence-electron chi connectivity index (χ4n) is 3.92. The molecule has 0 bridgehead atoms. The number of Topliss-reactive ketones (excluding diaryl/α,β-unsaturated/α-hetero) is 1. The summed E-state index contributed by atoms with van der Waals surface area (Å²) in [5.41, 5.74) is 2.99. The Morgan fingerprint density at radius 3 is 2.67 bits per heavy atom. The molecule has 21 heavy (non-hydrogen) atoms. The molecule has 1 heterocycles. The maximum atomic E-state index is 12.9. The minimum Gasteiger partial charge on any atom is -0.335 e. The Morgan fingerprint density at radius 2 is 2.00 bits per heavy atom. The van der Waals surface area contributed by atoms with Crippen LogP contribution in [-0.2, 0) is 4.79 Å². The zero-order valence-corrected chi connectivity index (χ0v) is 12.9. The molecule has 2 aliphatic rings. The molecular formula is C18H23NO2. The van der Waals surface area contributed by atoms with Crippen molar-refractivity contribution in [1.29, 1.82) is 0 Å². The highest BCUT2D eigenvalue weighted by molar-refractivity contribution is 5.96. The molecule has 2 fully saturated rings. The molecule has 0 spiro atoms. The molecule has 0 N–H and O–H groups in total. The van der Waals surface area contributed by atoms with Crippen molar-refractivity contribution in [2.75, 3.05) is 6.54 Å². The number of carbonyl (C=O) groups excluding carboxylic acids is 2. The van der Waals surface area contributed by atoms with Gasteiger partial charge in [-0.3, -0.25) is 9.59 Å². The third-order valence-corrected chi connectivity index (χ3v) is 4.99. The van der Waals surface area contributed by atoms with E-state index in [1.807, 2.05) is 30.9 Å². The summed E-state index contributed by atoms with van der Waals surface area (Å²) in [5.74, 6) is 0.553. The molecule has 1 amide bonds. The SMILES string of the molecule is Cc1ccc(C(=O)N2CCCC2C2CCCC2=O)c(C)c1. The number of likely N-dealkylation sites (tertiary alicyclic amines) is 1. The van der Waals surface area contributed by atoms with Gasteiger partial charge < -0.3 is 4.90 Å². The predicted octanol–water partition coefficient (Wildman–Crippen LogP) is 3.28. The highest BCUT2D eigenvalue weighted by Crippen LogP contribution is 2.34. The monoisotopic (exact) mass is 285 g/mol. The second-order valence-corrected chi connectivity index (χ2v) is 6.49. The third kappa shape index (κ3) is 2.61. The van der Waals surface area contributed by atoms with Crippen LogP contribution in [0.2, 0.25) is 0 Å². The van der Waals surface area contributed by atoms with Gasteiger partial charge in [-0.15, -0.1) is 0 Å². The summed E-state index contributed by atoms with van der Waals surface area (Å²) in [6, 6.07) is 6.11. The van der Waals surface area contributed by atoms with Gasteiger partial charge in [0.25, 0.3) is 5.91 Å². The molecule has 0 radical (unpaired) electrons. The summed E-state index contributed by atoms with van der Waals surface area (Å²) >= 11 is 0. The molecule has 1 saturated carbocycles. The molecule has 1 aromatic carbocycles. The van der Waals surface area contributed by atoms with Crippen LogP contribution in [0.4, 0.5) is 0 Å². The van der Waals surface area contributed by atoms with E-state index in [4.69, 9.17) is 0 Å². The van der Waals surface area contributed by atoms with Gasteiger partial charge in [0.1, 0.15) is 5.78 Å². The van der Waals surface area contributed by atoms with Crippen LogP contribution < -0.4 is 0 Å². The number of nitrogens with zero attached hydrogens (tertiary/aromatic N) is 1. The Kier molecular flexibility index (Phi) is 3.83. The van der Waals surface area contributed by atoms with E-state index in [-0.39, 0.29) is 17.9 Å². The van der Waals surface area contributed by atoms with Crippen molar-refractivity contribution in [2.24, 2.45) is 5.92 Å². The van der Waals surface area contributed by atoms with Gasteiger partial charge in [0.2, 0.25) is 0 Å². The smallest absolute Gasteiger partial charge is 0.254 e. The van der Waals surface area contributed by atoms with E-state index in [2.05, 4.69) is 6.07 Å². The maximum Gasteiger partial charge on any atom is 0.254 e. The van der Waals surface area contributed by atoms with Crippen molar-refractivity contribution in [3.63, 3.8) is 0 Å². The second-order valence-electron chi connectivity index (χ2n) is 6.49. The van der Waals surface area contributed by atoms with Gasteiger partial charge >= 0.3 is 0 Å². The van der Waals surface area contributed by atoms with Crippen LogP contribution in [0.3, 0.4) is 0 Å². The normalized spacial score (nSPS) is 25.6. The summed E-state index contributed by atoms with van der Waals surface area (Å²) in [5, 5.41) is 0. The summed E-state index contributed by atoms with van der Waals surface area (Å²) in [7, 11) is 0. The van der Waals surface area contributed by atoms with Crippen molar-refractivity contribution in [2.45, 2.75) is 52.0 Å². The second kappa shape index (κ2) is 5.63. The Labute approximate surface area is 126 Å². The van der Waals surface area contributed by atoms with Crippen LogP contribution in [0.15, 0.2) is 18.2 Å². The zero-order valence-electron chi connectivity index (χ0n) is 12.9. The Balaban J connectivity index is 1.84. The summed E-state index contributed by atoms with van der Waals surface area (Å²) in [6.45, 7) is 4.82. The quantitative estimate of drug-likeness (QED) is 0.836. The van der Waals surface area contributed by atoms with Crippen LogP contribution >= 0.6 is 0 Å². The number of amides is 1. The van der Waals surface area contributed by atoms with Crippen LogP contribution in [-0.4, -0.2) is 29.2 Å². The van der Waals surface area contributed by atoms with Gasteiger partial charge in [0.05, 0.1) is 0 Å². The van der Waals surface area contributed by atoms with Gasteiger partial charge in [0, 0.05) is 30.5 Å². The van der Waals surface area contributed by atoms with Gasteiger partial charge in [-0.25, -0.2) is 0 Å². The average Bonchev–Trinajstić information content (AvgIpc) is 3.06. The van der Waals surface area contributed by atoms with Gasteiger partial charge in [-0.05, 0) is 51.2 Å². The molecule has 1 saturated heterocycles. The van der Waals surface area contributed by atoms with Gasteiger partial charge in [0.15, 0.2) is 0 Å². The Bertz CT molecular complexity index is 579. The highest BCUT2D eigenvalue weighted by Gasteiger charge is 2.40. The molecule has 0 aromatic heterocycles. The predicted molar refractivity (Wildman–Crippen MR) is 82.3 cm³/mol. The first-order valence-electron chi connectivity index (χ1n) is 7.99. The Hall–Kier alpha value is -1.64. The summed E-state index contributed by atoms with van der Waals surface area (Å²) < 4.78 is 0. The number of aryl methyl sites for hydroxylation is 2. The molecule has 3 rings (SSSR count). The number of ketones is 1. The highest BCUT2D eigenvalue weighted by atomic mass is 16.2. The van der Waals surface area contributed by atoms with Crippen molar-refractivity contribution >= 4 is 11.7 Å². The first-order valence-corrected chi connectivity index (χ1v) is 7.99. The molecule has 1 aliphatic heterocycles.